The van der Waals surface area contributed by atoms with Crippen LogP contribution in [0.5, 0.6) is 17.2 Å². The SMILES string of the molecule is COc1cc(/C=C(\C#N)c2nc3c(s2)C[C@H](C)CC3)cc(OC)c1OC. The predicted octanol–water partition coefficient (Wildman–Crippen LogP) is 4.36. The fourth-order valence-corrected chi connectivity index (χ4v) is 4.39. The number of allylic oxidation sites excluding steroid dienone is 1. The van der Waals surface area contributed by atoms with Crippen LogP contribution in [0.15, 0.2) is 12.1 Å². The van der Waals surface area contributed by atoms with Gasteiger partial charge in [-0.15, -0.1) is 11.3 Å². The van der Waals surface area contributed by atoms with E-state index in [1.54, 1.807) is 32.7 Å². The normalized spacial score (nSPS) is 16.6. The standard InChI is InChI=1S/C20H22N2O3S/c1-12-5-6-15-18(7-12)26-20(22-15)14(11-21)8-13-9-16(23-2)19(25-4)17(10-13)24-3/h8-10,12H,5-7H2,1-4H3/b14-8+/t12-/m1/s1. The van der Waals surface area contributed by atoms with Crippen molar-refractivity contribution in [3.05, 3.63) is 33.3 Å². The third-order valence-corrected chi connectivity index (χ3v) is 5.69. The van der Waals surface area contributed by atoms with Crippen LogP contribution in [-0.4, -0.2) is 26.3 Å². The fraction of sp³-hybridized carbons (Fsp3) is 0.400. The van der Waals surface area contributed by atoms with E-state index in [9.17, 15) is 5.26 Å². The Morgan fingerprint density at radius 2 is 1.92 bits per heavy atom. The molecule has 0 saturated carbocycles. The first kappa shape index (κ1) is 18.3. The molecule has 1 aliphatic rings. The third-order valence-electron chi connectivity index (χ3n) is 4.53. The monoisotopic (exact) mass is 370 g/mol. The van der Waals surface area contributed by atoms with E-state index in [1.807, 2.05) is 18.2 Å². The highest BCUT2D eigenvalue weighted by atomic mass is 32.1. The second-order valence-electron chi connectivity index (χ2n) is 6.37. The smallest absolute Gasteiger partial charge is 0.203 e. The lowest BCUT2D eigenvalue weighted by atomic mass is 9.93. The summed E-state index contributed by atoms with van der Waals surface area (Å²) in [5, 5.41) is 10.4. The molecule has 1 aromatic heterocycles. The lowest BCUT2D eigenvalue weighted by Gasteiger charge is -2.15. The maximum Gasteiger partial charge on any atom is 0.203 e. The zero-order valence-corrected chi connectivity index (χ0v) is 16.3. The molecule has 5 nitrogen and oxygen atoms in total. The van der Waals surface area contributed by atoms with Crippen LogP contribution >= 0.6 is 11.3 Å². The van der Waals surface area contributed by atoms with Crippen LogP contribution in [0.25, 0.3) is 11.6 Å². The number of thiazole rings is 1. The maximum atomic E-state index is 9.67. The molecule has 0 radical (unpaired) electrons. The molecule has 0 fully saturated rings. The van der Waals surface area contributed by atoms with Gasteiger partial charge in [0.05, 0.1) is 32.6 Å². The van der Waals surface area contributed by atoms with Gasteiger partial charge in [-0.05, 0) is 49.0 Å². The van der Waals surface area contributed by atoms with E-state index in [0.29, 0.717) is 28.7 Å². The zero-order valence-electron chi connectivity index (χ0n) is 15.5. The van der Waals surface area contributed by atoms with E-state index in [-0.39, 0.29) is 0 Å². The molecule has 26 heavy (non-hydrogen) atoms. The molecule has 0 N–H and O–H groups in total. The molecule has 0 amide bonds. The second-order valence-corrected chi connectivity index (χ2v) is 7.45. The third kappa shape index (κ3) is 3.54. The Morgan fingerprint density at radius 1 is 1.23 bits per heavy atom. The number of aromatic nitrogens is 1. The van der Waals surface area contributed by atoms with Crippen LogP contribution in [0.1, 0.15) is 34.5 Å². The van der Waals surface area contributed by atoms with E-state index in [2.05, 4.69) is 13.0 Å². The Labute approximate surface area is 157 Å². The van der Waals surface area contributed by atoms with Crippen molar-refractivity contribution in [2.45, 2.75) is 26.2 Å². The van der Waals surface area contributed by atoms with Gasteiger partial charge in [0.2, 0.25) is 5.75 Å². The summed E-state index contributed by atoms with van der Waals surface area (Å²) in [7, 11) is 4.72. The molecule has 136 valence electrons. The molecule has 0 spiro atoms. The van der Waals surface area contributed by atoms with Gasteiger partial charge in [-0.1, -0.05) is 6.92 Å². The number of ether oxygens (including phenoxy) is 3. The Kier molecular flexibility index (Phi) is 5.48. The van der Waals surface area contributed by atoms with Crippen molar-refractivity contribution < 1.29 is 14.2 Å². The maximum absolute atomic E-state index is 9.67. The minimum Gasteiger partial charge on any atom is -0.493 e. The average molecular weight is 370 g/mol. The van der Waals surface area contributed by atoms with Crippen LogP contribution in [0, 0.1) is 17.2 Å². The van der Waals surface area contributed by atoms with Gasteiger partial charge in [0.1, 0.15) is 11.1 Å². The van der Waals surface area contributed by atoms with Gasteiger partial charge in [-0.3, -0.25) is 0 Å². The van der Waals surface area contributed by atoms with Gasteiger partial charge >= 0.3 is 0 Å². The molecule has 1 heterocycles. The molecule has 0 saturated heterocycles. The van der Waals surface area contributed by atoms with Gasteiger partial charge in [0.15, 0.2) is 11.5 Å². The number of hydrogen-bond donors (Lipinski definition) is 0. The highest BCUT2D eigenvalue weighted by molar-refractivity contribution is 7.13. The average Bonchev–Trinajstić information content (AvgIpc) is 3.07. The molecule has 2 aromatic rings. The number of hydrogen-bond acceptors (Lipinski definition) is 6. The van der Waals surface area contributed by atoms with Crippen molar-refractivity contribution in [3.8, 4) is 23.3 Å². The summed E-state index contributed by atoms with van der Waals surface area (Å²) in [6.45, 7) is 2.26. The summed E-state index contributed by atoms with van der Waals surface area (Å²) in [6.07, 6.45) is 5.03. The zero-order chi connectivity index (χ0) is 18.7. The van der Waals surface area contributed by atoms with Gasteiger partial charge in [-0.25, -0.2) is 4.98 Å². The summed E-state index contributed by atoms with van der Waals surface area (Å²) in [6, 6.07) is 5.94. The molecule has 3 rings (SSSR count). The van der Waals surface area contributed by atoms with Crippen molar-refractivity contribution in [3.63, 3.8) is 0 Å². The van der Waals surface area contributed by atoms with Crippen molar-refractivity contribution in [2.75, 3.05) is 21.3 Å². The molecule has 1 aromatic carbocycles. The Bertz CT molecular complexity index is 855. The number of fused-ring (bicyclic) bond motifs is 1. The lowest BCUT2D eigenvalue weighted by Crippen LogP contribution is -2.09. The van der Waals surface area contributed by atoms with E-state index in [1.165, 1.54) is 4.88 Å². The summed E-state index contributed by atoms with van der Waals surface area (Å²) < 4.78 is 16.1. The Hall–Kier alpha value is -2.52. The first-order valence-electron chi connectivity index (χ1n) is 8.50. The molecular weight excluding hydrogens is 348 g/mol. The summed E-state index contributed by atoms with van der Waals surface area (Å²) in [4.78, 5) is 6.02. The second kappa shape index (κ2) is 7.79. The predicted molar refractivity (Wildman–Crippen MR) is 103 cm³/mol. The van der Waals surface area contributed by atoms with Gasteiger partial charge < -0.3 is 14.2 Å². The largest absolute Gasteiger partial charge is 0.493 e. The van der Waals surface area contributed by atoms with E-state index in [4.69, 9.17) is 19.2 Å². The van der Waals surface area contributed by atoms with Crippen LogP contribution in [0.4, 0.5) is 0 Å². The van der Waals surface area contributed by atoms with E-state index in [0.717, 1.165) is 35.5 Å². The molecule has 1 aliphatic carbocycles. The number of methoxy groups -OCH3 is 3. The quantitative estimate of drug-likeness (QED) is 0.732. The minimum absolute atomic E-state index is 0.532. The molecule has 6 heteroatoms. The molecular formula is C20H22N2O3S. The van der Waals surface area contributed by atoms with Crippen molar-refractivity contribution >= 4 is 23.0 Å². The summed E-state index contributed by atoms with van der Waals surface area (Å²) in [5.41, 5.74) is 2.50. The minimum atomic E-state index is 0.532. The first-order chi connectivity index (χ1) is 12.6. The van der Waals surface area contributed by atoms with Crippen LogP contribution in [0.3, 0.4) is 0 Å². The van der Waals surface area contributed by atoms with Gasteiger partial charge in [-0.2, -0.15) is 5.26 Å². The Balaban J connectivity index is 2.01. The highest BCUT2D eigenvalue weighted by Gasteiger charge is 2.21. The number of rotatable bonds is 5. The van der Waals surface area contributed by atoms with Crippen LogP contribution < -0.4 is 14.2 Å². The van der Waals surface area contributed by atoms with Gasteiger partial charge in [0.25, 0.3) is 0 Å². The van der Waals surface area contributed by atoms with Crippen molar-refractivity contribution in [2.24, 2.45) is 5.92 Å². The lowest BCUT2D eigenvalue weighted by molar-refractivity contribution is 0.324. The molecule has 0 aliphatic heterocycles. The number of nitriles is 1. The number of benzene rings is 1. The Morgan fingerprint density at radius 3 is 2.50 bits per heavy atom. The number of nitrogens with zero attached hydrogens (tertiary/aromatic N) is 2. The van der Waals surface area contributed by atoms with Crippen molar-refractivity contribution in [1.82, 2.24) is 4.98 Å². The van der Waals surface area contributed by atoms with Crippen LogP contribution in [0.2, 0.25) is 0 Å². The number of aryl methyl sites for hydroxylation is 1. The highest BCUT2D eigenvalue weighted by Crippen LogP contribution is 2.39. The molecule has 1 atom stereocenters. The van der Waals surface area contributed by atoms with E-state index >= 15 is 0 Å². The molecule has 0 bridgehead atoms. The van der Waals surface area contributed by atoms with Gasteiger partial charge in [0, 0.05) is 4.88 Å². The topological polar surface area (TPSA) is 64.4 Å². The summed E-state index contributed by atoms with van der Waals surface area (Å²) in [5.74, 6) is 2.33. The van der Waals surface area contributed by atoms with E-state index < -0.39 is 0 Å². The first-order valence-corrected chi connectivity index (χ1v) is 9.32. The van der Waals surface area contributed by atoms with Crippen LogP contribution in [-0.2, 0) is 12.8 Å². The molecule has 0 unspecified atom stereocenters. The van der Waals surface area contributed by atoms with Crippen molar-refractivity contribution in [1.29, 1.82) is 5.26 Å². The fourth-order valence-electron chi connectivity index (χ4n) is 3.15. The summed E-state index contributed by atoms with van der Waals surface area (Å²) >= 11 is 1.63.